The van der Waals surface area contributed by atoms with Crippen molar-refractivity contribution in [1.82, 2.24) is 15.1 Å². The predicted octanol–water partition coefficient (Wildman–Crippen LogP) is 3.13. The van der Waals surface area contributed by atoms with Crippen LogP contribution in [0.4, 0.5) is 4.79 Å². The van der Waals surface area contributed by atoms with Crippen LogP contribution in [0.3, 0.4) is 0 Å². The number of nitrogens with zero attached hydrogens (tertiary/aromatic N) is 3. The van der Waals surface area contributed by atoms with Crippen LogP contribution in [0.15, 0.2) is 66.1 Å². The number of nitrogens with two attached hydrogens (primary N) is 1. The van der Waals surface area contributed by atoms with Gasteiger partial charge in [-0.1, -0.05) is 48.5 Å². The molecule has 2 aliphatic heterocycles. The number of hydrogen-bond donors (Lipinski definition) is 2. The standard InChI is InChI=1S/C24H21N5O4/c25-14-17-19(16-8-4-5-9-18(16)32-24(30)29-10-12-31-13-11-29)20-21(15-6-2-1-3-7-15)27-28-23(20)33-22(17)26/h1-9,19H,10-13,26H2,(H,27,28). The predicted molar refractivity (Wildman–Crippen MR) is 118 cm³/mol. The molecule has 3 N–H and O–H groups in total. The quantitative estimate of drug-likeness (QED) is 0.637. The average molecular weight is 443 g/mol. The highest BCUT2D eigenvalue weighted by molar-refractivity contribution is 5.74. The molecular formula is C24H21N5O4. The average Bonchev–Trinajstić information content (AvgIpc) is 3.28. The number of carbonyl (C=O) groups is 1. The number of nitriles is 1. The Labute approximate surface area is 190 Å². The fourth-order valence-corrected chi connectivity index (χ4v) is 4.10. The zero-order chi connectivity index (χ0) is 22.8. The van der Waals surface area contributed by atoms with E-state index >= 15 is 0 Å². The molecule has 0 aliphatic carbocycles. The highest BCUT2D eigenvalue weighted by Crippen LogP contribution is 2.47. The van der Waals surface area contributed by atoms with Crippen molar-refractivity contribution in [3.8, 4) is 29.0 Å². The molecule has 0 saturated carbocycles. The summed E-state index contributed by atoms with van der Waals surface area (Å²) in [7, 11) is 0. The van der Waals surface area contributed by atoms with Crippen molar-refractivity contribution in [3.63, 3.8) is 0 Å². The Morgan fingerprint density at radius 2 is 1.88 bits per heavy atom. The molecule has 166 valence electrons. The van der Waals surface area contributed by atoms with E-state index in [9.17, 15) is 10.1 Å². The van der Waals surface area contributed by atoms with Gasteiger partial charge in [-0.2, -0.15) is 5.26 Å². The molecule has 0 radical (unpaired) electrons. The molecule has 9 heteroatoms. The summed E-state index contributed by atoms with van der Waals surface area (Å²) >= 11 is 0. The van der Waals surface area contributed by atoms with Gasteiger partial charge in [0.1, 0.15) is 17.4 Å². The molecule has 5 rings (SSSR count). The van der Waals surface area contributed by atoms with E-state index in [0.717, 1.165) is 5.56 Å². The number of rotatable bonds is 3. The van der Waals surface area contributed by atoms with Crippen LogP contribution in [0.25, 0.3) is 11.3 Å². The van der Waals surface area contributed by atoms with E-state index < -0.39 is 12.0 Å². The van der Waals surface area contributed by atoms with Crippen molar-refractivity contribution >= 4 is 6.09 Å². The summed E-state index contributed by atoms with van der Waals surface area (Å²) in [4.78, 5) is 14.4. The van der Waals surface area contributed by atoms with E-state index in [1.807, 2.05) is 42.5 Å². The van der Waals surface area contributed by atoms with Crippen molar-refractivity contribution in [1.29, 1.82) is 5.26 Å². The van der Waals surface area contributed by atoms with Gasteiger partial charge < -0.3 is 24.8 Å². The van der Waals surface area contributed by atoms with Gasteiger partial charge in [-0.05, 0) is 11.6 Å². The largest absolute Gasteiger partial charge is 0.420 e. The summed E-state index contributed by atoms with van der Waals surface area (Å²) in [6.07, 6.45) is -0.469. The summed E-state index contributed by atoms with van der Waals surface area (Å²) < 4.78 is 16.8. The lowest BCUT2D eigenvalue weighted by Gasteiger charge is -2.28. The topological polar surface area (TPSA) is 126 Å². The van der Waals surface area contributed by atoms with E-state index in [1.165, 1.54) is 0 Å². The number of ether oxygens (including phenoxy) is 3. The second kappa shape index (κ2) is 8.68. The van der Waals surface area contributed by atoms with Crippen LogP contribution < -0.4 is 15.2 Å². The number of para-hydroxylation sites is 1. The van der Waals surface area contributed by atoms with Gasteiger partial charge in [-0.3, -0.25) is 5.10 Å². The van der Waals surface area contributed by atoms with E-state index in [0.29, 0.717) is 48.9 Å². The van der Waals surface area contributed by atoms with Crippen molar-refractivity contribution < 1.29 is 19.0 Å². The van der Waals surface area contributed by atoms with E-state index in [4.69, 9.17) is 19.9 Å². The first-order chi connectivity index (χ1) is 16.2. The molecular weight excluding hydrogens is 422 g/mol. The summed E-state index contributed by atoms with van der Waals surface area (Å²) in [5, 5.41) is 17.3. The van der Waals surface area contributed by atoms with Crippen LogP contribution in [0.2, 0.25) is 0 Å². The molecule has 2 aromatic carbocycles. The Kier molecular flexibility index (Phi) is 5.42. The molecule has 2 aliphatic rings. The molecule has 1 amide bonds. The number of amides is 1. The number of nitrogens with one attached hydrogen (secondary N) is 1. The van der Waals surface area contributed by atoms with Crippen molar-refractivity contribution in [3.05, 3.63) is 77.2 Å². The number of aromatic amines is 1. The maximum Gasteiger partial charge on any atom is 0.415 e. The minimum absolute atomic E-state index is 0.0320. The van der Waals surface area contributed by atoms with Crippen molar-refractivity contribution in [2.75, 3.05) is 26.3 Å². The smallest absolute Gasteiger partial charge is 0.415 e. The number of H-pyrrole nitrogens is 1. The molecule has 9 nitrogen and oxygen atoms in total. The van der Waals surface area contributed by atoms with Gasteiger partial charge in [-0.25, -0.2) is 4.79 Å². The van der Waals surface area contributed by atoms with Gasteiger partial charge in [-0.15, -0.1) is 5.10 Å². The number of morpholine rings is 1. The lowest BCUT2D eigenvalue weighted by molar-refractivity contribution is 0.0415. The monoisotopic (exact) mass is 443 g/mol. The van der Waals surface area contributed by atoms with Crippen LogP contribution >= 0.6 is 0 Å². The normalized spacial score (nSPS) is 17.7. The lowest BCUT2D eigenvalue weighted by Crippen LogP contribution is -2.42. The highest BCUT2D eigenvalue weighted by Gasteiger charge is 2.37. The van der Waals surface area contributed by atoms with E-state index in [2.05, 4.69) is 16.3 Å². The third-order valence-electron chi connectivity index (χ3n) is 5.70. The van der Waals surface area contributed by atoms with Crippen LogP contribution in [0, 0.1) is 11.3 Å². The fourth-order valence-electron chi connectivity index (χ4n) is 4.10. The lowest BCUT2D eigenvalue weighted by atomic mass is 9.82. The first-order valence-corrected chi connectivity index (χ1v) is 10.5. The molecule has 1 aromatic heterocycles. The second-order valence-electron chi connectivity index (χ2n) is 7.61. The van der Waals surface area contributed by atoms with Gasteiger partial charge in [0, 0.05) is 18.7 Å². The third kappa shape index (κ3) is 3.77. The molecule has 0 spiro atoms. The molecule has 1 atom stereocenters. The van der Waals surface area contributed by atoms with Crippen molar-refractivity contribution in [2.24, 2.45) is 5.73 Å². The first-order valence-electron chi connectivity index (χ1n) is 10.5. The van der Waals surface area contributed by atoms with Gasteiger partial charge >= 0.3 is 6.09 Å². The fraction of sp³-hybridized carbons (Fsp3) is 0.208. The second-order valence-corrected chi connectivity index (χ2v) is 7.61. The number of benzene rings is 2. The molecule has 1 fully saturated rings. The summed E-state index contributed by atoms with van der Waals surface area (Å²) in [5.41, 5.74) is 9.16. The van der Waals surface area contributed by atoms with Crippen LogP contribution in [0.1, 0.15) is 17.0 Å². The number of aromatic nitrogens is 2. The summed E-state index contributed by atoms with van der Waals surface area (Å²) in [6, 6.07) is 18.9. The Bertz CT molecular complexity index is 1260. The van der Waals surface area contributed by atoms with E-state index in [-0.39, 0.29) is 17.3 Å². The molecule has 33 heavy (non-hydrogen) atoms. The number of allylic oxidation sites excluding steroid dienone is 1. The van der Waals surface area contributed by atoms with Gasteiger partial charge in [0.15, 0.2) is 0 Å². The molecule has 1 unspecified atom stereocenters. The number of carbonyl (C=O) groups excluding carboxylic acids is 1. The maximum absolute atomic E-state index is 12.8. The van der Waals surface area contributed by atoms with Crippen molar-refractivity contribution in [2.45, 2.75) is 5.92 Å². The highest BCUT2D eigenvalue weighted by atomic mass is 16.6. The summed E-state index contributed by atoms with van der Waals surface area (Å²) in [5.74, 6) is -0.0471. The van der Waals surface area contributed by atoms with Gasteiger partial charge in [0.05, 0.1) is 30.4 Å². The van der Waals surface area contributed by atoms with Gasteiger partial charge in [0.2, 0.25) is 11.8 Å². The number of hydrogen-bond acceptors (Lipinski definition) is 7. The van der Waals surface area contributed by atoms with Gasteiger partial charge in [0.25, 0.3) is 0 Å². The molecule has 0 bridgehead atoms. The summed E-state index contributed by atoms with van der Waals surface area (Å²) in [6.45, 7) is 1.85. The number of fused-ring (bicyclic) bond motifs is 1. The molecule has 3 aromatic rings. The zero-order valence-electron chi connectivity index (χ0n) is 17.7. The van der Waals surface area contributed by atoms with Crippen LogP contribution in [-0.2, 0) is 4.74 Å². The van der Waals surface area contributed by atoms with E-state index in [1.54, 1.807) is 17.0 Å². The third-order valence-corrected chi connectivity index (χ3v) is 5.70. The Balaban J connectivity index is 1.60. The Morgan fingerprint density at radius 3 is 2.64 bits per heavy atom. The SMILES string of the molecule is N#CC1=C(N)Oc2n[nH]c(-c3ccccc3)c2C1c1ccccc1OC(=O)N1CCOCC1. The minimum atomic E-state index is -0.638. The molecule has 3 heterocycles. The molecule has 1 saturated heterocycles. The maximum atomic E-state index is 12.8. The Hall–Kier alpha value is -4.29. The minimum Gasteiger partial charge on any atom is -0.420 e. The first kappa shape index (κ1) is 20.6. The van der Waals surface area contributed by atoms with Crippen LogP contribution in [0.5, 0.6) is 11.6 Å². The van der Waals surface area contributed by atoms with Crippen LogP contribution in [-0.4, -0.2) is 47.5 Å². The zero-order valence-corrected chi connectivity index (χ0v) is 17.7. The Morgan fingerprint density at radius 1 is 1.15 bits per heavy atom.